The van der Waals surface area contributed by atoms with Gasteiger partial charge in [0.25, 0.3) is 5.91 Å². The van der Waals surface area contributed by atoms with Crippen molar-refractivity contribution >= 4 is 11.7 Å². The van der Waals surface area contributed by atoms with Crippen molar-refractivity contribution in [2.24, 2.45) is 5.92 Å². The summed E-state index contributed by atoms with van der Waals surface area (Å²) < 4.78 is 18.6. The standard InChI is InChI=1S/C18H21FN4O2/c19-15-3-1-2-4-16(15)25-13-18(24)22-11-14-5-9-23(10-6-14)17-12-20-7-8-21-17/h1-4,7-8,12,14H,5-6,9-11,13H2,(H,22,24). The zero-order valence-corrected chi connectivity index (χ0v) is 13.9. The minimum absolute atomic E-state index is 0.0925. The number of benzene rings is 1. The summed E-state index contributed by atoms with van der Waals surface area (Å²) in [5.41, 5.74) is 0. The summed E-state index contributed by atoms with van der Waals surface area (Å²) in [6.07, 6.45) is 7.07. The van der Waals surface area contributed by atoms with Crippen LogP contribution in [-0.2, 0) is 4.79 Å². The van der Waals surface area contributed by atoms with Crippen LogP contribution in [0.2, 0.25) is 0 Å². The van der Waals surface area contributed by atoms with Crippen LogP contribution in [0.3, 0.4) is 0 Å². The van der Waals surface area contributed by atoms with Crippen molar-refractivity contribution < 1.29 is 13.9 Å². The Balaban J connectivity index is 1.37. The lowest BCUT2D eigenvalue weighted by Gasteiger charge is -2.32. The van der Waals surface area contributed by atoms with E-state index in [1.165, 1.54) is 12.1 Å². The first-order valence-electron chi connectivity index (χ1n) is 8.37. The van der Waals surface area contributed by atoms with Gasteiger partial charge in [-0.2, -0.15) is 0 Å². The fraction of sp³-hybridized carbons (Fsp3) is 0.389. The number of ether oxygens (including phenoxy) is 1. The number of carbonyl (C=O) groups is 1. The highest BCUT2D eigenvalue weighted by Crippen LogP contribution is 2.20. The Morgan fingerprint density at radius 3 is 2.80 bits per heavy atom. The zero-order valence-electron chi connectivity index (χ0n) is 13.9. The molecule has 0 atom stereocenters. The molecule has 7 heteroatoms. The minimum Gasteiger partial charge on any atom is -0.481 e. The SMILES string of the molecule is O=C(COc1ccccc1F)NCC1CCN(c2cnccn2)CC1. The van der Waals surface area contributed by atoms with Crippen LogP contribution < -0.4 is 15.0 Å². The summed E-state index contributed by atoms with van der Waals surface area (Å²) in [4.78, 5) is 22.5. The Bertz CT molecular complexity index is 690. The Morgan fingerprint density at radius 2 is 2.08 bits per heavy atom. The lowest BCUT2D eigenvalue weighted by molar-refractivity contribution is -0.123. The lowest BCUT2D eigenvalue weighted by atomic mass is 9.97. The molecule has 25 heavy (non-hydrogen) atoms. The Labute approximate surface area is 146 Å². The van der Waals surface area contributed by atoms with E-state index < -0.39 is 5.82 Å². The summed E-state index contributed by atoms with van der Waals surface area (Å²) in [5, 5.41) is 2.86. The first kappa shape index (κ1) is 17.1. The van der Waals surface area contributed by atoms with Crippen molar-refractivity contribution in [2.45, 2.75) is 12.8 Å². The number of nitrogens with zero attached hydrogens (tertiary/aromatic N) is 3. The van der Waals surface area contributed by atoms with Gasteiger partial charge in [-0.15, -0.1) is 0 Å². The highest BCUT2D eigenvalue weighted by Gasteiger charge is 2.20. The highest BCUT2D eigenvalue weighted by molar-refractivity contribution is 5.77. The van der Waals surface area contributed by atoms with Crippen molar-refractivity contribution in [1.82, 2.24) is 15.3 Å². The van der Waals surface area contributed by atoms with Crippen LogP contribution in [0.4, 0.5) is 10.2 Å². The number of amides is 1. The Kier molecular flexibility index (Phi) is 5.77. The van der Waals surface area contributed by atoms with E-state index in [1.54, 1.807) is 30.7 Å². The second-order valence-corrected chi connectivity index (χ2v) is 6.02. The van der Waals surface area contributed by atoms with Crippen molar-refractivity contribution in [3.63, 3.8) is 0 Å². The number of carbonyl (C=O) groups excluding carboxylic acids is 1. The van der Waals surface area contributed by atoms with Crippen LogP contribution in [0.1, 0.15) is 12.8 Å². The van der Waals surface area contributed by atoms with Crippen molar-refractivity contribution in [3.05, 3.63) is 48.7 Å². The average molecular weight is 344 g/mol. The van der Waals surface area contributed by atoms with Gasteiger partial charge < -0.3 is 15.0 Å². The molecule has 1 saturated heterocycles. The molecule has 2 aromatic rings. The normalized spacial score (nSPS) is 15.0. The molecule has 0 radical (unpaired) electrons. The number of piperidine rings is 1. The van der Waals surface area contributed by atoms with Crippen molar-refractivity contribution in [3.8, 4) is 5.75 Å². The number of nitrogens with one attached hydrogen (secondary N) is 1. The number of anilines is 1. The number of rotatable bonds is 6. The van der Waals surface area contributed by atoms with Crippen molar-refractivity contribution in [1.29, 1.82) is 0 Å². The van der Waals surface area contributed by atoms with E-state index in [4.69, 9.17) is 4.74 Å². The molecule has 1 aliphatic heterocycles. The van der Waals surface area contributed by atoms with E-state index in [-0.39, 0.29) is 18.3 Å². The zero-order chi connectivity index (χ0) is 17.5. The van der Waals surface area contributed by atoms with Gasteiger partial charge in [-0.1, -0.05) is 12.1 Å². The number of hydrogen-bond acceptors (Lipinski definition) is 5. The molecule has 1 aliphatic rings. The summed E-state index contributed by atoms with van der Waals surface area (Å²) >= 11 is 0. The molecule has 0 spiro atoms. The molecule has 0 aliphatic carbocycles. The van der Waals surface area contributed by atoms with Gasteiger partial charge in [-0.05, 0) is 30.9 Å². The molecule has 0 unspecified atom stereocenters. The second kappa shape index (κ2) is 8.41. The summed E-state index contributed by atoms with van der Waals surface area (Å²) in [6.45, 7) is 2.21. The summed E-state index contributed by atoms with van der Waals surface area (Å²) in [5.74, 6) is 0.704. The van der Waals surface area contributed by atoms with Crippen LogP contribution in [0.15, 0.2) is 42.9 Å². The lowest BCUT2D eigenvalue weighted by Crippen LogP contribution is -2.40. The molecule has 2 heterocycles. The van der Waals surface area contributed by atoms with E-state index in [9.17, 15) is 9.18 Å². The second-order valence-electron chi connectivity index (χ2n) is 6.02. The van der Waals surface area contributed by atoms with Gasteiger partial charge in [0.15, 0.2) is 18.2 Å². The molecular formula is C18H21FN4O2. The van der Waals surface area contributed by atoms with E-state index in [1.807, 2.05) is 0 Å². The predicted molar refractivity (Wildman–Crippen MR) is 91.9 cm³/mol. The van der Waals surface area contributed by atoms with Gasteiger partial charge in [0, 0.05) is 32.0 Å². The maximum absolute atomic E-state index is 13.4. The number of halogens is 1. The molecule has 3 rings (SSSR count). The smallest absolute Gasteiger partial charge is 0.257 e. The molecule has 1 N–H and O–H groups in total. The molecule has 0 bridgehead atoms. The van der Waals surface area contributed by atoms with Gasteiger partial charge in [0.1, 0.15) is 5.82 Å². The molecule has 1 aromatic heterocycles. The fourth-order valence-corrected chi connectivity index (χ4v) is 2.83. The van der Waals surface area contributed by atoms with E-state index >= 15 is 0 Å². The molecule has 1 fully saturated rings. The first-order valence-corrected chi connectivity index (χ1v) is 8.37. The van der Waals surface area contributed by atoms with Gasteiger partial charge in [0.2, 0.25) is 0 Å². The maximum Gasteiger partial charge on any atom is 0.257 e. The molecule has 0 saturated carbocycles. The monoisotopic (exact) mass is 344 g/mol. The van der Waals surface area contributed by atoms with Crippen LogP contribution in [0.25, 0.3) is 0 Å². The predicted octanol–water partition coefficient (Wildman–Crippen LogP) is 2.03. The van der Waals surface area contributed by atoms with E-state index in [2.05, 4.69) is 20.2 Å². The fourth-order valence-electron chi connectivity index (χ4n) is 2.83. The number of para-hydroxylation sites is 1. The molecule has 6 nitrogen and oxygen atoms in total. The number of aromatic nitrogens is 2. The Hall–Kier alpha value is -2.70. The van der Waals surface area contributed by atoms with Crippen LogP contribution in [0.5, 0.6) is 5.75 Å². The quantitative estimate of drug-likeness (QED) is 0.868. The van der Waals surface area contributed by atoms with Gasteiger partial charge in [-0.25, -0.2) is 9.37 Å². The third-order valence-corrected chi connectivity index (χ3v) is 4.27. The average Bonchev–Trinajstić information content (AvgIpc) is 2.67. The first-order chi connectivity index (χ1) is 12.2. The largest absolute Gasteiger partial charge is 0.481 e. The van der Waals surface area contributed by atoms with E-state index in [0.29, 0.717) is 12.5 Å². The molecule has 1 aromatic carbocycles. The third kappa shape index (κ3) is 4.89. The van der Waals surface area contributed by atoms with E-state index in [0.717, 1.165) is 31.7 Å². The van der Waals surface area contributed by atoms with Gasteiger partial charge in [-0.3, -0.25) is 9.78 Å². The summed E-state index contributed by atoms with van der Waals surface area (Å²) in [7, 11) is 0. The molecular weight excluding hydrogens is 323 g/mol. The van der Waals surface area contributed by atoms with Crippen LogP contribution >= 0.6 is 0 Å². The highest BCUT2D eigenvalue weighted by atomic mass is 19.1. The maximum atomic E-state index is 13.4. The minimum atomic E-state index is -0.466. The Morgan fingerprint density at radius 1 is 1.28 bits per heavy atom. The van der Waals surface area contributed by atoms with Crippen LogP contribution in [-0.4, -0.2) is 42.1 Å². The topological polar surface area (TPSA) is 67.3 Å². The summed E-state index contributed by atoms with van der Waals surface area (Å²) in [6, 6.07) is 6.06. The van der Waals surface area contributed by atoms with Crippen molar-refractivity contribution in [2.75, 3.05) is 31.1 Å². The van der Waals surface area contributed by atoms with Crippen LogP contribution in [0, 0.1) is 11.7 Å². The number of hydrogen-bond donors (Lipinski definition) is 1. The van der Waals surface area contributed by atoms with Gasteiger partial charge >= 0.3 is 0 Å². The molecule has 1 amide bonds. The van der Waals surface area contributed by atoms with Gasteiger partial charge in [0.05, 0.1) is 6.20 Å². The molecule has 132 valence electrons. The third-order valence-electron chi connectivity index (χ3n) is 4.27.